The molecule has 4 rings (SSSR count). The summed E-state index contributed by atoms with van der Waals surface area (Å²) < 4.78 is 39.1. The van der Waals surface area contributed by atoms with Gasteiger partial charge in [-0.1, -0.05) is 31.2 Å². The van der Waals surface area contributed by atoms with E-state index in [1.165, 1.54) is 10.6 Å². The SMILES string of the molecule is CCN(Cc1cc(C(=O)NCCc2ccc(C3=NCCN3)cc2)co1)S(=O)(=O)c1c(C)cc(OC)cc1C. The highest BCUT2D eigenvalue weighted by Gasteiger charge is 2.28. The first kappa shape index (κ1) is 27.4. The number of sulfonamides is 1. The van der Waals surface area contributed by atoms with Gasteiger partial charge in [0.25, 0.3) is 5.91 Å². The summed E-state index contributed by atoms with van der Waals surface area (Å²) in [5, 5.41) is 6.16. The average molecular weight is 539 g/mol. The van der Waals surface area contributed by atoms with Crippen LogP contribution in [0, 0.1) is 13.8 Å². The van der Waals surface area contributed by atoms with E-state index in [1.54, 1.807) is 46.1 Å². The molecule has 2 heterocycles. The molecule has 1 aliphatic rings. The minimum Gasteiger partial charge on any atom is -0.497 e. The van der Waals surface area contributed by atoms with Crippen LogP contribution >= 0.6 is 0 Å². The van der Waals surface area contributed by atoms with E-state index in [1.807, 2.05) is 24.3 Å². The fraction of sp³-hybridized carbons (Fsp3) is 0.357. The van der Waals surface area contributed by atoms with Gasteiger partial charge in [0.05, 0.1) is 30.7 Å². The van der Waals surface area contributed by atoms with Gasteiger partial charge in [0.15, 0.2) is 0 Å². The number of ether oxygens (including phenoxy) is 1. The Hall–Kier alpha value is -3.63. The van der Waals surface area contributed by atoms with Crippen LogP contribution in [0.25, 0.3) is 0 Å². The molecule has 10 heteroatoms. The summed E-state index contributed by atoms with van der Waals surface area (Å²) in [7, 11) is -2.25. The Morgan fingerprint density at radius 3 is 2.47 bits per heavy atom. The normalized spacial score (nSPS) is 13.3. The summed E-state index contributed by atoms with van der Waals surface area (Å²) in [5.41, 5.74) is 3.73. The second-order valence-corrected chi connectivity index (χ2v) is 11.1. The predicted octanol–water partition coefficient (Wildman–Crippen LogP) is 3.44. The van der Waals surface area contributed by atoms with Gasteiger partial charge in [-0.05, 0) is 55.2 Å². The predicted molar refractivity (Wildman–Crippen MR) is 146 cm³/mol. The molecule has 0 bridgehead atoms. The number of hydrogen-bond donors (Lipinski definition) is 2. The molecule has 0 radical (unpaired) electrons. The van der Waals surface area contributed by atoms with Gasteiger partial charge in [0.2, 0.25) is 10.0 Å². The lowest BCUT2D eigenvalue weighted by Crippen LogP contribution is -2.31. The van der Waals surface area contributed by atoms with Crippen LogP contribution in [-0.2, 0) is 23.0 Å². The third-order valence-electron chi connectivity index (χ3n) is 6.47. The van der Waals surface area contributed by atoms with E-state index in [0.29, 0.717) is 41.2 Å². The number of aryl methyl sites for hydroxylation is 2. The monoisotopic (exact) mass is 538 g/mol. The van der Waals surface area contributed by atoms with Crippen molar-refractivity contribution in [3.05, 3.63) is 82.3 Å². The maximum absolute atomic E-state index is 13.5. The molecule has 2 N–H and O–H groups in total. The molecule has 202 valence electrons. The molecule has 9 nitrogen and oxygen atoms in total. The zero-order valence-electron chi connectivity index (χ0n) is 22.2. The number of amides is 1. The largest absolute Gasteiger partial charge is 0.497 e. The Kier molecular flexibility index (Phi) is 8.53. The van der Waals surface area contributed by atoms with Gasteiger partial charge < -0.3 is 19.8 Å². The van der Waals surface area contributed by atoms with Crippen LogP contribution in [0.15, 0.2) is 63.0 Å². The van der Waals surface area contributed by atoms with Crippen molar-refractivity contribution in [2.24, 2.45) is 4.99 Å². The third kappa shape index (κ3) is 6.08. The number of carbonyl (C=O) groups is 1. The summed E-state index contributed by atoms with van der Waals surface area (Å²) in [4.78, 5) is 17.3. The number of benzene rings is 2. The number of nitrogens with one attached hydrogen (secondary N) is 2. The third-order valence-corrected chi connectivity index (χ3v) is 8.70. The second-order valence-electron chi connectivity index (χ2n) is 9.18. The van der Waals surface area contributed by atoms with E-state index in [4.69, 9.17) is 9.15 Å². The first-order valence-electron chi connectivity index (χ1n) is 12.6. The van der Waals surface area contributed by atoms with Gasteiger partial charge in [-0.15, -0.1) is 0 Å². The maximum Gasteiger partial charge on any atom is 0.254 e. The number of amidine groups is 1. The first-order chi connectivity index (χ1) is 18.2. The van der Waals surface area contributed by atoms with Gasteiger partial charge in [0, 0.05) is 25.2 Å². The highest BCUT2D eigenvalue weighted by Crippen LogP contribution is 2.29. The molecule has 1 aliphatic heterocycles. The molecule has 0 unspecified atom stereocenters. The lowest BCUT2D eigenvalue weighted by Gasteiger charge is -2.22. The zero-order chi connectivity index (χ0) is 27.3. The molecule has 2 aromatic carbocycles. The smallest absolute Gasteiger partial charge is 0.254 e. The Balaban J connectivity index is 1.35. The molecule has 1 aromatic heterocycles. The van der Waals surface area contributed by atoms with Crippen LogP contribution < -0.4 is 15.4 Å². The van der Waals surface area contributed by atoms with Crippen LogP contribution in [0.4, 0.5) is 0 Å². The number of hydrogen-bond acceptors (Lipinski definition) is 7. The summed E-state index contributed by atoms with van der Waals surface area (Å²) >= 11 is 0. The molecule has 0 fully saturated rings. The Morgan fingerprint density at radius 1 is 1.16 bits per heavy atom. The van der Waals surface area contributed by atoms with Crippen molar-refractivity contribution >= 4 is 21.8 Å². The number of carbonyl (C=O) groups excluding carboxylic acids is 1. The number of methoxy groups -OCH3 is 1. The molecule has 0 saturated heterocycles. The van der Waals surface area contributed by atoms with E-state index < -0.39 is 10.0 Å². The molecule has 0 aliphatic carbocycles. The van der Waals surface area contributed by atoms with Gasteiger partial charge in [-0.3, -0.25) is 9.79 Å². The molecule has 0 saturated carbocycles. The first-order valence-corrected chi connectivity index (χ1v) is 14.1. The lowest BCUT2D eigenvalue weighted by molar-refractivity contribution is 0.0953. The van der Waals surface area contributed by atoms with Crippen molar-refractivity contribution < 1.29 is 22.4 Å². The van der Waals surface area contributed by atoms with Crippen LogP contribution in [0.5, 0.6) is 5.75 Å². The zero-order valence-corrected chi connectivity index (χ0v) is 23.0. The van der Waals surface area contributed by atoms with Gasteiger partial charge in [-0.25, -0.2) is 8.42 Å². The fourth-order valence-electron chi connectivity index (χ4n) is 4.53. The number of furan rings is 1. The van der Waals surface area contributed by atoms with Crippen molar-refractivity contribution in [2.75, 3.05) is 33.3 Å². The Morgan fingerprint density at radius 2 is 1.87 bits per heavy atom. The topological polar surface area (TPSA) is 113 Å². The minimum absolute atomic E-state index is 0.0174. The van der Waals surface area contributed by atoms with Crippen LogP contribution in [0.2, 0.25) is 0 Å². The van der Waals surface area contributed by atoms with Gasteiger partial charge in [0.1, 0.15) is 23.6 Å². The van der Waals surface area contributed by atoms with Crippen LogP contribution in [-0.4, -0.2) is 57.8 Å². The maximum atomic E-state index is 13.5. The Bertz CT molecular complexity index is 1400. The highest BCUT2D eigenvalue weighted by molar-refractivity contribution is 7.89. The molecular formula is C28H34N4O5S. The lowest BCUT2D eigenvalue weighted by atomic mass is 10.1. The van der Waals surface area contributed by atoms with Crippen molar-refractivity contribution in [1.82, 2.24) is 14.9 Å². The summed E-state index contributed by atoms with van der Waals surface area (Å²) in [5.74, 6) is 1.65. The molecule has 38 heavy (non-hydrogen) atoms. The van der Waals surface area contributed by atoms with E-state index in [9.17, 15) is 13.2 Å². The number of aliphatic imine (C=N–C) groups is 1. The van der Waals surface area contributed by atoms with Crippen LogP contribution in [0.1, 0.15) is 45.3 Å². The summed E-state index contributed by atoms with van der Waals surface area (Å²) in [6, 6.07) is 13.1. The molecule has 0 atom stereocenters. The minimum atomic E-state index is -3.79. The van der Waals surface area contributed by atoms with Gasteiger partial charge in [-0.2, -0.15) is 4.31 Å². The van der Waals surface area contributed by atoms with Gasteiger partial charge >= 0.3 is 0 Å². The van der Waals surface area contributed by atoms with Crippen LogP contribution in [0.3, 0.4) is 0 Å². The summed E-state index contributed by atoms with van der Waals surface area (Å²) in [6.07, 6.45) is 2.04. The van der Waals surface area contributed by atoms with Crippen molar-refractivity contribution in [3.63, 3.8) is 0 Å². The summed E-state index contributed by atoms with van der Waals surface area (Å²) in [6.45, 7) is 7.67. The van der Waals surface area contributed by atoms with E-state index in [-0.39, 0.29) is 23.9 Å². The molecular weight excluding hydrogens is 504 g/mol. The van der Waals surface area contributed by atoms with E-state index >= 15 is 0 Å². The highest BCUT2D eigenvalue weighted by atomic mass is 32.2. The Labute approximate surface area is 224 Å². The van der Waals surface area contributed by atoms with Crippen molar-refractivity contribution in [1.29, 1.82) is 0 Å². The number of rotatable bonds is 11. The second kappa shape index (κ2) is 11.8. The number of nitrogens with zero attached hydrogens (tertiary/aromatic N) is 2. The average Bonchev–Trinajstić information content (AvgIpc) is 3.59. The van der Waals surface area contributed by atoms with Crippen molar-refractivity contribution in [2.45, 2.75) is 38.6 Å². The quantitative estimate of drug-likeness (QED) is 0.387. The van der Waals surface area contributed by atoms with E-state index in [0.717, 1.165) is 30.1 Å². The van der Waals surface area contributed by atoms with E-state index in [2.05, 4.69) is 15.6 Å². The molecule has 1 amide bonds. The van der Waals surface area contributed by atoms with Crippen molar-refractivity contribution in [3.8, 4) is 5.75 Å². The molecule has 3 aromatic rings. The fourth-order valence-corrected chi connectivity index (χ4v) is 6.36. The molecule has 0 spiro atoms. The standard InChI is InChI=1S/C28H34N4O5S/c1-5-32(38(34,35)26-19(2)14-24(36-4)15-20(26)3)17-25-16-23(18-37-25)28(33)31-11-10-21-6-8-22(9-7-21)27-29-12-13-30-27/h6-9,14-16,18H,5,10-13,17H2,1-4H3,(H,29,30)(H,31,33).